The average molecular weight is 262 g/mol. The van der Waals surface area contributed by atoms with Crippen molar-refractivity contribution in [2.45, 2.75) is 20.5 Å². The van der Waals surface area contributed by atoms with Crippen molar-refractivity contribution in [2.75, 3.05) is 23.7 Å². The van der Waals surface area contributed by atoms with E-state index in [2.05, 4.69) is 10.1 Å². The van der Waals surface area contributed by atoms with E-state index in [1.54, 1.807) is 12.1 Å². The maximum Gasteiger partial charge on any atom is 0.266 e. The summed E-state index contributed by atoms with van der Waals surface area (Å²) in [7, 11) is 0. The summed E-state index contributed by atoms with van der Waals surface area (Å²) in [4.78, 5) is 6.29. The molecule has 0 bridgehead atoms. The molecule has 0 fully saturated rings. The summed E-state index contributed by atoms with van der Waals surface area (Å²) in [5.41, 5.74) is 6.33. The van der Waals surface area contributed by atoms with Crippen molar-refractivity contribution in [1.29, 1.82) is 0 Å². The molecule has 1 aromatic heterocycles. The molecule has 2 aromatic rings. The van der Waals surface area contributed by atoms with Crippen molar-refractivity contribution in [3.05, 3.63) is 30.2 Å². The average Bonchev–Trinajstić information content (AvgIpc) is 2.87. The van der Waals surface area contributed by atoms with E-state index >= 15 is 0 Å². The third-order valence-electron chi connectivity index (χ3n) is 2.72. The van der Waals surface area contributed by atoms with E-state index in [4.69, 9.17) is 15.0 Å². The third-order valence-corrected chi connectivity index (χ3v) is 2.72. The Kier molecular flexibility index (Phi) is 4.22. The van der Waals surface area contributed by atoms with Gasteiger partial charge in [-0.1, -0.05) is 6.07 Å². The number of nitrogen functional groups attached to an aromatic ring is 1. The van der Waals surface area contributed by atoms with Crippen LogP contribution in [0.3, 0.4) is 0 Å². The van der Waals surface area contributed by atoms with Crippen LogP contribution in [0, 0.1) is 0 Å². The summed E-state index contributed by atoms with van der Waals surface area (Å²) >= 11 is 0. The predicted molar refractivity (Wildman–Crippen MR) is 73.0 cm³/mol. The third kappa shape index (κ3) is 3.37. The Morgan fingerprint density at radius 2 is 2.11 bits per heavy atom. The monoisotopic (exact) mass is 262 g/mol. The number of rotatable bonds is 6. The van der Waals surface area contributed by atoms with Gasteiger partial charge in [-0.2, -0.15) is 4.98 Å². The molecule has 0 unspecified atom stereocenters. The second-order valence-electron chi connectivity index (χ2n) is 4.02. The van der Waals surface area contributed by atoms with Crippen molar-refractivity contribution in [1.82, 2.24) is 10.1 Å². The number of anilines is 2. The molecule has 0 aliphatic carbocycles. The van der Waals surface area contributed by atoms with Crippen LogP contribution in [-0.2, 0) is 6.61 Å². The van der Waals surface area contributed by atoms with Gasteiger partial charge in [0.25, 0.3) is 11.8 Å². The molecule has 2 N–H and O–H groups in total. The highest BCUT2D eigenvalue weighted by molar-refractivity contribution is 5.43. The first-order valence-electron chi connectivity index (χ1n) is 6.28. The van der Waals surface area contributed by atoms with Crippen LogP contribution in [0.1, 0.15) is 19.7 Å². The second-order valence-corrected chi connectivity index (χ2v) is 4.02. The number of nitrogens with zero attached hydrogens (tertiary/aromatic N) is 3. The van der Waals surface area contributed by atoms with E-state index in [-0.39, 0.29) is 6.61 Å². The molecule has 0 aliphatic heterocycles. The minimum atomic E-state index is 0.234. The fraction of sp³-hybridized carbons (Fsp3) is 0.385. The van der Waals surface area contributed by atoms with Crippen LogP contribution in [0.25, 0.3) is 0 Å². The van der Waals surface area contributed by atoms with Crippen LogP contribution in [0.15, 0.2) is 28.8 Å². The summed E-state index contributed by atoms with van der Waals surface area (Å²) in [6.07, 6.45) is 0. The summed E-state index contributed by atoms with van der Waals surface area (Å²) in [5.74, 6) is 1.73. The molecule has 0 aliphatic rings. The summed E-state index contributed by atoms with van der Waals surface area (Å²) < 4.78 is 10.7. The first-order chi connectivity index (χ1) is 9.22. The van der Waals surface area contributed by atoms with Crippen LogP contribution in [-0.4, -0.2) is 23.2 Å². The lowest BCUT2D eigenvalue weighted by molar-refractivity contribution is 0.243. The number of hydrogen-bond donors (Lipinski definition) is 1. The standard InChI is InChI=1S/C13H18N4O2/c1-3-17(4-2)13-15-12(19-16-13)9-18-11-7-5-6-10(14)8-11/h5-8H,3-4,9,14H2,1-2H3. The predicted octanol–water partition coefficient (Wildman–Crippen LogP) is 2.08. The quantitative estimate of drug-likeness (QED) is 0.803. The molecule has 0 saturated heterocycles. The van der Waals surface area contributed by atoms with Gasteiger partial charge in [0.15, 0.2) is 6.61 Å². The first kappa shape index (κ1) is 13.2. The van der Waals surface area contributed by atoms with Crippen molar-refractivity contribution in [3.8, 4) is 5.75 Å². The van der Waals surface area contributed by atoms with Gasteiger partial charge in [0, 0.05) is 24.8 Å². The SMILES string of the molecule is CCN(CC)c1noc(COc2cccc(N)c2)n1. The lowest BCUT2D eigenvalue weighted by Gasteiger charge is -2.14. The normalized spacial score (nSPS) is 10.4. The van der Waals surface area contributed by atoms with Crippen molar-refractivity contribution < 1.29 is 9.26 Å². The Bertz CT molecular complexity index is 523. The van der Waals surface area contributed by atoms with Gasteiger partial charge in [0.05, 0.1) is 0 Å². The van der Waals surface area contributed by atoms with E-state index in [9.17, 15) is 0 Å². The number of nitrogens with two attached hydrogens (primary N) is 1. The number of hydrogen-bond acceptors (Lipinski definition) is 6. The molecule has 0 spiro atoms. The second kappa shape index (κ2) is 6.08. The topological polar surface area (TPSA) is 77.4 Å². The summed E-state index contributed by atoms with van der Waals surface area (Å²) in [5, 5.41) is 3.92. The van der Waals surface area contributed by atoms with Crippen LogP contribution in [0.5, 0.6) is 5.75 Å². The lowest BCUT2D eigenvalue weighted by Crippen LogP contribution is -2.23. The van der Waals surface area contributed by atoms with E-state index < -0.39 is 0 Å². The number of aromatic nitrogens is 2. The zero-order valence-electron chi connectivity index (χ0n) is 11.2. The molecule has 0 radical (unpaired) electrons. The van der Waals surface area contributed by atoms with Gasteiger partial charge in [0.2, 0.25) is 0 Å². The van der Waals surface area contributed by atoms with Crippen molar-refractivity contribution in [3.63, 3.8) is 0 Å². The fourth-order valence-corrected chi connectivity index (χ4v) is 1.69. The number of ether oxygens (including phenoxy) is 1. The van der Waals surface area contributed by atoms with Crippen molar-refractivity contribution in [2.24, 2.45) is 0 Å². The minimum absolute atomic E-state index is 0.234. The molecule has 1 heterocycles. The highest BCUT2D eigenvalue weighted by atomic mass is 16.5. The highest BCUT2D eigenvalue weighted by Crippen LogP contribution is 2.16. The van der Waals surface area contributed by atoms with E-state index in [0.717, 1.165) is 13.1 Å². The minimum Gasteiger partial charge on any atom is -0.484 e. The summed E-state index contributed by atoms with van der Waals surface area (Å²) in [6.45, 7) is 6.00. The Hall–Kier alpha value is -2.24. The molecular formula is C13H18N4O2. The fourth-order valence-electron chi connectivity index (χ4n) is 1.69. The van der Waals surface area contributed by atoms with E-state index in [1.807, 2.05) is 30.9 Å². The Morgan fingerprint density at radius 3 is 2.79 bits per heavy atom. The molecule has 0 amide bonds. The smallest absolute Gasteiger partial charge is 0.266 e. The highest BCUT2D eigenvalue weighted by Gasteiger charge is 2.11. The Morgan fingerprint density at radius 1 is 1.32 bits per heavy atom. The van der Waals surface area contributed by atoms with Gasteiger partial charge < -0.3 is 19.9 Å². The molecule has 6 heteroatoms. The molecule has 0 atom stereocenters. The molecule has 6 nitrogen and oxygen atoms in total. The zero-order valence-corrected chi connectivity index (χ0v) is 11.2. The van der Waals surface area contributed by atoms with Gasteiger partial charge in [-0.25, -0.2) is 0 Å². The maximum absolute atomic E-state index is 5.67. The van der Waals surface area contributed by atoms with Crippen LogP contribution in [0.4, 0.5) is 11.6 Å². The molecule has 102 valence electrons. The maximum atomic E-state index is 5.67. The molecule has 2 rings (SSSR count). The first-order valence-corrected chi connectivity index (χ1v) is 6.28. The van der Waals surface area contributed by atoms with Gasteiger partial charge >= 0.3 is 0 Å². The Labute approximate surface area is 112 Å². The van der Waals surface area contributed by atoms with Gasteiger partial charge in [-0.15, -0.1) is 0 Å². The van der Waals surface area contributed by atoms with Gasteiger partial charge in [-0.05, 0) is 31.1 Å². The number of benzene rings is 1. The molecular weight excluding hydrogens is 244 g/mol. The Balaban J connectivity index is 1.97. The van der Waals surface area contributed by atoms with E-state index in [0.29, 0.717) is 23.3 Å². The summed E-state index contributed by atoms with van der Waals surface area (Å²) in [6, 6.07) is 7.22. The molecule has 19 heavy (non-hydrogen) atoms. The van der Waals surface area contributed by atoms with Gasteiger partial charge in [-0.3, -0.25) is 0 Å². The lowest BCUT2D eigenvalue weighted by atomic mass is 10.3. The van der Waals surface area contributed by atoms with Crippen LogP contribution in [0.2, 0.25) is 0 Å². The zero-order chi connectivity index (χ0) is 13.7. The van der Waals surface area contributed by atoms with Gasteiger partial charge in [0.1, 0.15) is 5.75 Å². The largest absolute Gasteiger partial charge is 0.484 e. The van der Waals surface area contributed by atoms with Crippen molar-refractivity contribution >= 4 is 11.6 Å². The van der Waals surface area contributed by atoms with Crippen LogP contribution < -0.4 is 15.4 Å². The van der Waals surface area contributed by atoms with E-state index in [1.165, 1.54) is 0 Å². The molecule has 0 saturated carbocycles. The molecule has 1 aromatic carbocycles. The van der Waals surface area contributed by atoms with Crippen LogP contribution >= 0.6 is 0 Å².